The highest BCUT2D eigenvalue weighted by molar-refractivity contribution is 5.74. The minimum Gasteiger partial charge on any atom is -0.337 e. The van der Waals surface area contributed by atoms with Gasteiger partial charge in [0.05, 0.1) is 6.20 Å². The summed E-state index contributed by atoms with van der Waals surface area (Å²) in [7, 11) is 1.94. The standard InChI is InChI=1S/C20H28N4O/c1-15-5-4-6-19(9-15)16(2)11-21-20(25)24-8-7-17(14-24)10-18-12-22-23(3)13-18/h4-6,9,12-13,16-17H,7-8,10-11,14H2,1-3H3,(H,21,25)/t16-,17+/m1/s1. The van der Waals surface area contributed by atoms with E-state index in [1.54, 1.807) is 0 Å². The van der Waals surface area contributed by atoms with Crippen LogP contribution in [0.2, 0.25) is 0 Å². The largest absolute Gasteiger partial charge is 0.337 e. The molecule has 0 saturated carbocycles. The predicted molar refractivity (Wildman–Crippen MR) is 99.6 cm³/mol. The van der Waals surface area contributed by atoms with Gasteiger partial charge in [-0.25, -0.2) is 4.79 Å². The third kappa shape index (κ3) is 4.62. The number of carbonyl (C=O) groups is 1. The molecule has 0 aliphatic carbocycles. The number of aryl methyl sites for hydroxylation is 2. The highest BCUT2D eigenvalue weighted by Crippen LogP contribution is 2.21. The lowest BCUT2D eigenvalue weighted by atomic mass is 9.99. The van der Waals surface area contributed by atoms with E-state index in [-0.39, 0.29) is 6.03 Å². The summed E-state index contributed by atoms with van der Waals surface area (Å²) in [5, 5.41) is 7.32. The smallest absolute Gasteiger partial charge is 0.317 e. The lowest BCUT2D eigenvalue weighted by Crippen LogP contribution is -2.40. The molecule has 1 aliphatic heterocycles. The number of likely N-dealkylation sites (tertiary alicyclic amines) is 1. The van der Waals surface area contributed by atoms with Crippen molar-refractivity contribution in [2.75, 3.05) is 19.6 Å². The normalized spacial score (nSPS) is 18.4. The topological polar surface area (TPSA) is 50.2 Å². The molecule has 0 bridgehead atoms. The van der Waals surface area contributed by atoms with Crippen molar-refractivity contribution < 1.29 is 4.79 Å². The van der Waals surface area contributed by atoms with E-state index >= 15 is 0 Å². The molecule has 25 heavy (non-hydrogen) atoms. The number of rotatable bonds is 5. The summed E-state index contributed by atoms with van der Waals surface area (Å²) in [6.07, 6.45) is 6.05. The van der Waals surface area contributed by atoms with E-state index in [2.05, 4.69) is 54.7 Å². The summed E-state index contributed by atoms with van der Waals surface area (Å²) >= 11 is 0. The second kappa shape index (κ2) is 7.72. The molecule has 2 amide bonds. The quantitative estimate of drug-likeness (QED) is 0.909. The highest BCUT2D eigenvalue weighted by Gasteiger charge is 2.26. The second-order valence-electron chi connectivity index (χ2n) is 7.33. The number of hydrogen-bond acceptors (Lipinski definition) is 2. The third-order valence-electron chi connectivity index (χ3n) is 5.03. The van der Waals surface area contributed by atoms with Gasteiger partial charge in [-0.05, 0) is 42.7 Å². The van der Waals surface area contributed by atoms with E-state index in [1.165, 1.54) is 16.7 Å². The Morgan fingerprint density at radius 1 is 1.44 bits per heavy atom. The molecule has 3 rings (SSSR count). The minimum atomic E-state index is 0.0631. The SMILES string of the molecule is Cc1cccc([C@H](C)CNC(=O)N2CC[C@@H](Cc3cnn(C)c3)C2)c1. The van der Waals surface area contributed by atoms with Crippen molar-refractivity contribution >= 4 is 6.03 Å². The van der Waals surface area contributed by atoms with Gasteiger partial charge in [0.1, 0.15) is 0 Å². The number of nitrogens with zero attached hydrogens (tertiary/aromatic N) is 3. The fourth-order valence-electron chi connectivity index (χ4n) is 3.54. The van der Waals surface area contributed by atoms with Crippen molar-refractivity contribution in [3.05, 3.63) is 53.3 Å². The Bertz CT molecular complexity index is 724. The van der Waals surface area contributed by atoms with E-state index in [9.17, 15) is 4.79 Å². The Balaban J connectivity index is 1.46. The Labute approximate surface area is 150 Å². The molecule has 0 unspecified atom stereocenters. The maximum absolute atomic E-state index is 12.4. The number of aromatic nitrogens is 2. The van der Waals surface area contributed by atoms with Crippen molar-refractivity contribution in [2.24, 2.45) is 13.0 Å². The van der Waals surface area contributed by atoms with E-state index in [0.717, 1.165) is 25.9 Å². The van der Waals surface area contributed by atoms with Crippen LogP contribution in [-0.2, 0) is 13.5 Å². The zero-order chi connectivity index (χ0) is 17.8. The Hall–Kier alpha value is -2.30. The summed E-state index contributed by atoms with van der Waals surface area (Å²) in [6, 6.07) is 8.56. The maximum atomic E-state index is 12.4. The Morgan fingerprint density at radius 3 is 3.00 bits per heavy atom. The van der Waals surface area contributed by atoms with E-state index < -0.39 is 0 Å². The van der Waals surface area contributed by atoms with Crippen molar-refractivity contribution in [3.63, 3.8) is 0 Å². The fraction of sp³-hybridized carbons (Fsp3) is 0.500. The Kier molecular flexibility index (Phi) is 5.41. The van der Waals surface area contributed by atoms with Crippen molar-refractivity contribution in [1.29, 1.82) is 0 Å². The summed E-state index contributed by atoms with van der Waals surface area (Å²) in [6.45, 7) is 6.60. The molecule has 1 aromatic heterocycles. The van der Waals surface area contributed by atoms with Crippen LogP contribution in [0, 0.1) is 12.8 Å². The van der Waals surface area contributed by atoms with Gasteiger partial charge in [-0.2, -0.15) is 5.10 Å². The number of nitrogens with one attached hydrogen (secondary N) is 1. The second-order valence-corrected chi connectivity index (χ2v) is 7.33. The predicted octanol–water partition coefficient (Wildman–Crippen LogP) is 3.11. The molecule has 2 heterocycles. The van der Waals surface area contributed by atoms with Crippen LogP contribution in [0.15, 0.2) is 36.7 Å². The van der Waals surface area contributed by atoms with Crippen LogP contribution < -0.4 is 5.32 Å². The molecule has 1 aromatic carbocycles. The van der Waals surface area contributed by atoms with Gasteiger partial charge in [-0.15, -0.1) is 0 Å². The molecule has 5 heteroatoms. The van der Waals surface area contributed by atoms with Gasteiger partial charge in [0.2, 0.25) is 0 Å². The first-order valence-electron chi connectivity index (χ1n) is 9.08. The minimum absolute atomic E-state index is 0.0631. The van der Waals surface area contributed by atoms with E-state index in [1.807, 2.05) is 22.8 Å². The summed E-state index contributed by atoms with van der Waals surface area (Å²) in [4.78, 5) is 14.4. The molecule has 5 nitrogen and oxygen atoms in total. The summed E-state index contributed by atoms with van der Waals surface area (Å²) in [5.74, 6) is 0.849. The van der Waals surface area contributed by atoms with Crippen LogP contribution >= 0.6 is 0 Å². The average Bonchev–Trinajstić information content (AvgIpc) is 3.22. The third-order valence-corrected chi connectivity index (χ3v) is 5.03. The first-order chi connectivity index (χ1) is 12.0. The fourth-order valence-corrected chi connectivity index (χ4v) is 3.54. The van der Waals surface area contributed by atoms with Gasteiger partial charge in [-0.3, -0.25) is 4.68 Å². The van der Waals surface area contributed by atoms with Crippen LogP contribution in [-0.4, -0.2) is 40.3 Å². The van der Waals surface area contributed by atoms with Crippen LogP contribution in [0.4, 0.5) is 4.79 Å². The molecule has 134 valence electrons. The summed E-state index contributed by atoms with van der Waals surface area (Å²) < 4.78 is 1.83. The number of hydrogen-bond donors (Lipinski definition) is 1. The van der Waals surface area contributed by atoms with Gasteiger partial charge in [0.15, 0.2) is 0 Å². The number of benzene rings is 1. The molecule has 1 N–H and O–H groups in total. The van der Waals surface area contributed by atoms with Crippen LogP contribution in [0.25, 0.3) is 0 Å². The molecular weight excluding hydrogens is 312 g/mol. The monoisotopic (exact) mass is 340 g/mol. The molecule has 1 fully saturated rings. The molecule has 0 spiro atoms. The van der Waals surface area contributed by atoms with Crippen LogP contribution in [0.1, 0.15) is 36.0 Å². The molecule has 1 aliphatic rings. The van der Waals surface area contributed by atoms with Crippen molar-refractivity contribution in [1.82, 2.24) is 20.0 Å². The maximum Gasteiger partial charge on any atom is 0.317 e. The Morgan fingerprint density at radius 2 is 2.28 bits per heavy atom. The number of carbonyl (C=O) groups excluding carboxylic acids is 1. The average molecular weight is 340 g/mol. The van der Waals surface area contributed by atoms with E-state index in [4.69, 9.17) is 0 Å². The van der Waals surface area contributed by atoms with Gasteiger partial charge in [-0.1, -0.05) is 36.8 Å². The highest BCUT2D eigenvalue weighted by atomic mass is 16.2. The van der Waals surface area contributed by atoms with Gasteiger partial charge in [0, 0.05) is 32.9 Å². The lowest BCUT2D eigenvalue weighted by molar-refractivity contribution is 0.206. The van der Waals surface area contributed by atoms with Crippen LogP contribution in [0.3, 0.4) is 0 Å². The van der Waals surface area contributed by atoms with Gasteiger partial charge >= 0.3 is 6.03 Å². The zero-order valence-electron chi connectivity index (χ0n) is 15.4. The summed E-state index contributed by atoms with van der Waals surface area (Å²) in [5.41, 5.74) is 3.78. The van der Waals surface area contributed by atoms with Crippen molar-refractivity contribution in [3.8, 4) is 0 Å². The zero-order valence-corrected chi connectivity index (χ0v) is 15.4. The molecule has 2 aromatic rings. The first kappa shape index (κ1) is 17.5. The molecule has 0 radical (unpaired) electrons. The number of urea groups is 1. The molecule has 2 atom stereocenters. The van der Waals surface area contributed by atoms with E-state index in [0.29, 0.717) is 18.4 Å². The molecular formula is C20H28N4O. The van der Waals surface area contributed by atoms with Gasteiger partial charge in [0.25, 0.3) is 0 Å². The van der Waals surface area contributed by atoms with Gasteiger partial charge < -0.3 is 10.2 Å². The van der Waals surface area contributed by atoms with Crippen LogP contribution in [0.5, 0.6) is 0 Å². The first-order valence-corrected chi connectivity index (χ1v) is 9.08. The molecule has 1 saturated heterocycles. The lowest BCUT2D eigenvalue weighted by Gasteiger charge is -2.20. The number of amides is 2. The van der Waals surface area contributed by atoms with Crippen molar-refractivity contribution in [2.45, 2.75) is 32.6 Å².